The molecule has 0 bridgehead atoms. The maximum Gasteiger partial charge on any atom is 0.0477 e. The Morgan fingerprint density at radius 3 is 2.62 bits per heavy atom. The van der Waals surface area contributed by atoms with E-state index in [0.29, 0.717) is 0 Å². The molecule has 0 aliphatic heterocycles. The number of ether oxygens (including phenoxy) is 1. The average molecular weight is 222 g/mol. The van der Waals surface area contributed by atoms with E-state index in [-0.39, 0.29) is 0 Å². The number of nitrogens with one attached hydrogen (secondary N) is 1. The fourth-order valence-corrected chi connectivity index (χ4v) is 1.49. The third kappa shape index (κ3) is 5.73. The summed E-state index contributed by atoms with van der Waals surface area (Å²) in [5.74, 6) is 0. The quantitative estimate of drug-likeness (QED) is 0.521. The second-order valence-electron chi connectivity index (χ2n) is 3.79. The van der Waals surface area contributed by atoms with E-state index in [1.54, 1.807) is 0 Å². The van der Waals surface area contributed by atoms with Crippen LogP contribution in [-0.2, 0) is 11.2 Å². The van der Waals surface area contributed by atoms with Crippen molar-refractivity contribution in [3.63, 3.8) is 0 Å². The molecule has 1 aromatic carbocycles. The predicted molar refractivity (Wildman–Crippen MR) is 68.5 cm³/mol. The second kappa shape index (κ2) is 8.13. The highest BCUT2D eigenvalue weighted by molar-refractivity contribution is 5.39. The lowest BCUT2D eigenvalue weighted by Crippen LogP contribution is -2.19. The molecule has 0 aliphatic rings. The summed E-state index contributed by atoms with van der Waals surface area (Å²) in [7, 11) is 0. The van der Waals surface area contributed by atoms with Crippen molar-refractivity contribution < 1.29 is 4.74 Å². The van der Waals surface area contributed by atoms with E-state index in [4.69, 9.17) is 10.5 Å². The lowest BCUT2D eigenvalue weighted by atomic mass is 10.1. The van der Waals surface area contributed by atoms with Gasteiger partial charge in [-0.25, -0.2) is 0 Å². The molecule has 0 saturated heterocycles. The number of anilines is 1. The van der Waals surface area contributed by atoms with Gasteiger partial charge in [-0.3, -0.25) is 0 Å². The van der Waals surface area contributed by atoms with Gasteiger partial charge in [-0.15, -0.1) is 0 Å². The topological polar surface area (TPSA) is 47.3 Å². The minimum absolute atomic E-state index is 0.811. The number of hydrogen-bond acceptors (Lipinski definition) is 3. The fraction of sp³-hybridized carbons (Fsp3) is 0.538. The first-order valence-electron chi connectivity index (χ1n) is 5.96. The molecular weight excluding hydrogens is 200 g/mol. The molecule has 1 aromatic rings. The molecule has 0 unspecified atom stereocenters. The fourth-order valence-electron chi connectivity index (χ4n) is 1.49. The molecule has 3 heteroatoms. The van der Waals surface area contributed by atoms with Crippen molar-refractivity contribution in [3.8, 4) is 0 Å². The Balaban J connectivity index is 2.01. The molecule has 0 saturated carbocycles. The summed E-state index contributed by atoms with van der Waals surface area (Å²) < 4.78 is 5.26. The van der Waals surface area contributed by atoms with Crippen molar-refractivity contribution in [2.24, 2.45) is 0 Å². The van der Waals surface area contributed by atoms with Gasteiger partial charge in [-0.2, -0.15) is 0 Å². The summed E-state index contributed by atoms with van der Waals surface area (Å²) in [6.45, 7) is 5.72. The van der Waals surface area contributed by atoms with Crippen LogP contribution in [0.2, 0.25) is 0 Å². The van der Waals surface area contributed by atoms with E-state index in [9.17, 15) is 0 Å². The monoisotopic (exact) mass is 222 g/mol. The Morgan fingerprint density at radius 1 is 1.19 bits per heavy atom. The molecular formula is C13H22N2O. The van der Waals surface area contributed by atoms with Gasteiger partial charge in [-0.05, 0) is 50.6 Å². The summed E-state index contributed by atoms with van der Waals surface area (Å²) in [5.41, 5.74) is 7.77. The zero-order valence-electron chi connectivity index (χ0n) is 10.0. The molecule has 3 N–H and O–H groups in total. The minimum Gasteiger partial charge on any atom is -0.399 e. The normalized spacial score (nSPS) is 10.6. The van der Waals surface area contributed by atoms with Crippen molar-refractivity contribution in [2.45, 2.75) is 19.8 Å². The number of nitrogen functional groups attached to an aromatic ring is 1. The number of rotatable bonds is 8. The SMILES string of the molecule is CCOCCCNCCc1ccc(N)cc1. The summed E-state index contributed by atoms with van der Waals surface area (Å²) in [6, 6.07) is 8.06. The maximum atomic E-state index is 5.62. The zero-order valence-corrected chi connectivity index (χ0v) is 10.0. The molecule has 3 nitrogen and oxygen atoms in total. The standard InChI is InChI=1S/C13H22N2O/c1-2-16-11-3-9-15-10-8-12-4-6-13(14)7-5-12/h4-7,15H,2-3,8-11,14H2,1H3. The van der Waals surface area contributed by atoms with E-state index >= 15 is 0 Å². The van der Waals surface area contributed by atoms with Gasteiger partial charge < -0.3 is 15.8 Å². The van der Waals surface area contributed by atoms with Crippen LogP contribution >= 0.6 is 0 Å². The van der Waals surface area contributed by atoms with Crippen molar-refractivity contribution in [2.75, 3.05) is 32.0 Å². The molecule has 0 aliphatic carbocycles. The predicted octanol–water partition coefficient (Wildman–Crippen LogP) is 1.83. The van der Waals surface area contributed by atoms with Crippen LogP contribution in [0.3, 0.4) is 0 Å². The highest BCUT2D eigenvalue weighted by atomic mass is 16.5. The first-order chi connectivity index (χ1) is 7.83. The Kier molecular flexibility index (Phi) is 6.61. The molecule has 0 heterocycles. The van der Waals surface area contributed by atoms with Crippen LogP contribution in [0.15, 0.2) is 24.3 Å². The van der Waals surface area contributed by atoms with E-state index in [1.165, 1.54) is 5.56 Å². The number of benzene rings is 1. The molecule has 0 fully saturated rings. The first kappa shape index (κ1) is 13.0. The van der Waals surface area contributed by atoms with Crippen LogP contribution in [0.25, 0.3) is 0 Å². The second-order valence-corrected chi connectivity index (χ2v) is 3.79. The third-order valence-electron chi connectivity index (χ3n) is 2.42. The van der Waals surface area contributed by atoms with Gasteiger partial charge in [0.05, 0.1) is 0 Å². The highest BCUT2D eigenvalue weighted by Gasteiger charge is 1.93. The van der Waals surface area contributed by atoms with Crippen molar-refractivity contribution in [3.05, 3.63) is 29.8 Å². The van der Waals surface area contributed by atoms with Gasteiger partial charge in [0.1, 0.15) is 0 Å². The molecule has 1 rings (SSSR count). The number of nitrogens with two attached hydrogens (primary N) is 1. The molecule has 0 radical (unpaired) electrons. The smallest absolute Gasteiger partial charge is 0.0477 e. The van der Waals surface area contributed by atoms with Crippen LogP contribution < -0.4 is 11.1 Å². The highest BCUT2D eigenvalue weighted by Crippen LogP contribution is 2.05. The lowest BCUT2D eigenvalue weighted by Gasteiger charge is -2.05. The van der Waals surface area contributed by atoms with Crippen LogP contribution in [0.4, 0.5) is 5.69 Å². The minimum atomic E-state index is 0.811. The van der Waals surface area contributed by atoms with Gasteiger partial charge in [0.25, 0.3) is 0 Å². The number of hydrogen-bond donors (Lipinski definition) is 2. The van der Waals surface area contributed by atoms with Crippen LogP contribution in [0.1, 0.15) is 18.9 Å². The summed E-state index contributed by atoms with van der Waals surface area (Å²) >= 11 is 0. The molecule has 0 spiro atoms. The Hall–Kier alpha value is -1.06. The average Bonchev–Trinajstić information content (AvgIpc) is 2.30. The summed E-state index contributed by atoms with van der Waals surface area (Å²) in [4.78, 5) is 0. The van der Waals surface area contributed by atoms with Gasteiger partial charge in [-0.1, -0.05) is 12.1 Å². The summed E-state index contributed by atoms with van der Waals surface area (Å²) in [6.07, 6.45) is 2.13. The molecule has 0 aromatic heterocycles. The van der Waals surface area contributed by atoms with Gasteiger partial charge in [0, 0.05) is 18.9 Å². The Labute approximate surface area is 98.0 Å². The lowest BCUT2D eigenvalue weighted by molar-refractivity contribution is 0.145. The van der Waals surface area contributed by atoms with Crippen molar-refractivity contribution in [1.82, 2.24) is 5.32 Å². The van der Waals surface area contributed by atoms with E-state index in [2.05, 4.69) is 17.4 Å². The van der Waals surface area contributed by atoms with Gasteiger partial charge in [0.2, 0.25) is 0 Å². The zero-order chi connectivity index (χ0) is 11.6. The van der Waals surface area contributed by atoms with Crippen molar-refractivity contribution in [1.29, 1.82) is 0 Å². The largest absolute Gasteiger partial charge is 0.399 e. The van der Waals surface area contributed by atoms with E-state index in [1.807, 2.05) is 19.1 Å². The van der Waals surface area contributed by atoms with E-state index in [0.717, 1.165) is 44.8 Å². The molecule has 90 valence electrons. The van der Waals surface area contributed by atoms with Crippen molar-refractivity contribution >= 4 is 5.69 Å². The maximum absolute atomic E-state index is 5.62. The first-order valence-corrected chi connectivity index (χ1v) is 5.96. The third-order valence-corrected chi connectivity index (χ3v) is 2.42. The molecule has 16 heavy (non-hydrogen) atoms. The van der Waals surface area contributed by atoms with Gasteiger partial charge in [0.15, 0.2) is 0 Å². The van der Waals surface area contributed by atoms with Gasteiger partial charge >= 0.3 is 0 Å². The van der Waals surface area contributed by atoms with Crippen LogP contribution in [0.5, 0.6) is 0 Å². The summed E-state index contributed by atoms with van der Waals surface area (Å²) in [5, 5.41) is 3.40. The molecule has 0 atom stereocenters. The molecule has 0 amide bonds. The van der Waals surface area contributed by atoms with E-state index < -0.39 is 0 Å². The Bertz CT molecular complexity index is 272. The van der Waals surface area contributed by atoms with Crippen LogP contribution in [-0.4, -0.2) is 26.3 Å². The Morgan fingerprint density at radius 2 is 1.94 bits per heavy atom. The van der Waals surface area contributed by atoms with Crippen LogP contribution in [0, 0.1) is 0 Å².